The molecule has 7 aromatic carbocycles. The number of carbonyl (C=O) groups excluding carboxylic acids is 2. The lowest BCUT2D eigenvalue weighted by atomic mass is 10.1. The van der Waals surface area contributed by atoms with Crippen LogP contribution < -0.4 is 9.47 Å². The second-order valence-corrected chi connectivity index (χ2v) is 10.7. The molecule has 0 saturated heterocycles. The average Bonchev–Trinajstić information content (AvgIpc) is 3.15. The molecule has 0 fully saturated rings. The Bertz CT molecular complexity index is 2180. The summed E-state index contributed by atoms with van der Waals surface area (Å²) in [6.45, 7) is 0. The fraction of sp³-hybridized carbons (Fsp3) is 0. The number of fused-ring (bicyclic) bond motifs is 2. The molecule has 0 unspecified atom stereocenters. The van der Waals surface area contributed by atoms with E-state index in [0.717, 1.165) is 22.1 Å². The fourth-order valence-corrected chi connectivity index (χ4v) is 5.17. The van der Waals surface area contributed by atoms with Gasteiger partial charge in [0.2, 0.25) is 0 Å². The van der Waals surface area contributed by atoms with Crippen molar-refractivity contribution in [3.8, 4) is 11.5 Å². The van der Waals surface area contributed by atoms with E-state index in [1.54, 1.807) is 42.5 Å². The number of ether oxygens (including phenoxy) is 2. The zero-order chi connectivity index (χ0) is 32.7. The van der Waals surface area contributed by atoms with E-state index < -0.39 is 11.9 Å². The van der Waals surface area contributed by atoms with Crippen molar-refractivity contribution < 1.29 is 19.1 Å². The number of benzene rings is 7. The van der Waals surface area contributed by atoms with Crippen LogP contribution in [0, 0.1) is 0 Å². The van der Waals surface area contributed by atoms with E-state index in [4.69, 9.17) is 9.47 Å². The van der Waals surface area contributed by atoms with Gasteiger partial charge in [-0.15, -0.1) is 10.2 Å². The monoisotopic (exact) mass is 626 g/mol. The molecule has 0 heterocycles. The molecule has 0 N–H and O–H groups in total. The lowest BCUT2D eigenvalue weighted by Gasteiger charge is -2.11. The largest absolute Gasteiger partial charge is 0.422 e. The van der Waals surface area contributed by atoms with E-state index in [1.165, 1.54) is 6.07 Å². The van der Waals surface area contributed by atoms with E-state index in [1.807, 2.05) is 109 Å². The molecule has 0 aromatic heterocycles. The number of hydrogen-bond donors (Lipinski definition) is 0. The summed E-state index contributed by atoms with van der Waals surface area (Å²) in [5, 5.41) is 20.4. The van der Waals surface area contributed by atoms with Crippen LogP contribution in [0.1, 0.15) is 20.7 Å². The summed E-state index contributed by atoms with van der Waals surface area (Å²) >= 11 is 0. The van der Waals surface area contributed by atoms with E-state index >= 15 is 0 Å². The van der Waals surface area contributed by atoms with Crippen molar-refractivity contribution in [3.63, 3.8) is 0 Å². The van der Waals surface area contributed by atoms with Crippen molar-refractivity contribution in [2.75, 3.05) is 0 Å². The van der Waals surface area contributed by atoms with Gasteiger partial charge in [0.15, 0.2) is 0 Å². The van der Waals surface area contributed by atoms with Crippen LogP contribution in [0.15, 0.2) is 178 Å². The number of hydrogen-bond acceptors (Lipinski definition) is 8. The van der Waals surface area contributed by atoms with E-state index in [2.05, 4.69) is 20.5 Å². The van der Waals surface area contributed by atoms with Gasteiger partial charge in [-0.2, -0.15) is 10.2 Å². The lowest BCUT2D eigenvalue weighted by molar-refractivity contribution is 0.0737. The summed E-state index contributed by atoms with van der Waals surface area (Å²) in [7, 11) is 0. The van der Waals surface area contributed by atoms with Gasteiger partial charge in [0, 0.05) is 21.5 Å². The van der Waals surface area contributed by atoms with Gasteiger partial charge in [-0.3, -0.25) is 0 Å². The van der Waals surface area contributed by atoms with Crippen LogP contribution in [0.25, 0.3) is 21.5 Å². The zero-order valence-electron chi connectivity index (χ0n) is 25.4. The van der Waals surface area contributed by atoms with Gasteiger partial charge >= 0.3 is 11.9 Å². The minimum absolute atomic E-state index is 0.197. The van der Waals surface area contributed by atoms with E-state index in [-0.39, 0.29) is 11.1 Å². The molecule has 8 heteroatoms. The van der Waals surface area contributed by atoms with Crippen LogP contribution in [-0.4, -0.2) is 11.9 Å². The Morgan fingerprint density at radius 2 is 0.771 bits per heavy atom. The van der Waals surface area contributed by atoms with Gasteiger partial charge in [-0.05, 0) is 66.7 Å². The van der Waals surface area contributed by atoms with Crippen molar-refractivity contribution in [3.05, 3.63) is 169 Å². The summed E-state index contributed by atoms with van der Waals surface area (Å²) in [6.07, 6.45) is 0. The summed E-state index contributed by atoms with van der Waals surface area (Å²) in [4.78, 5) is 26.7. The minimum atomic E-state index is -0.618. The zero-order valence-corrected chi connectivity index (χ0v) is 25.4. The molecule has 8 nitrogen and oxygen atoms in total. The molecule has 0 atom stereocenters. The van der Waals surface area contributed by atoms with Crippen LogP contribution in [0.2, 0.25) is 0 Å². The fourth-order valence-electron chi connectivity index (χ4n) is 5.17. The van der Waals surface area contributed by atoms with E-state index in [9.17, 15) is 9.59 Å². The highest BCUT2D eigenvalue weighted by atomic mass is 16.5. The first kappa shape index (κ1) is 29.9. The summed E-state index contributed by atoms with van der Waals surface area (Å²) in [5.74, 6) is -0.518. The van der Waals surface area contributed by atoms with Crippen LogP contribution in [0.3, 0.4) is 0 Å². The molecule has 0 aliphatic heterocycles. The number of nitrogens with zero attached hydrogens (tertiary/aromatic N) is 4. The standard InChI is InChI=1S/C40H26N4O4/c45-39(47-37-24-22-35(31-18-7-9-20-33(31)37)43-41-29-14-3-1-4-15-29)27-12-11-13-28(26-27)40(46)48-38-25-23-36(32-19-8-10-21-34(32)38)44-42-30-16-5-2-6-17-30/h1-26H/b43-41+,44-42+. The molecule has 0 aliphatic rings. The number of esters is 2. The van der Waals surface area contributed by atoms with Gasteiger partial charge in [0.05, 0.1) is 33.9 Å². The number of azo groups is 2. The Kier molecular flexibility index (Phi) is 8.52. The predicted octanol–water partition coefficient (Wildman–Crippen LogP) is 11.3. The minimum Gasteiger partial charge on any atom is -0.422 e. The van der Waals surface area contributed by atoms with Gasteiger partial charge < -0.3 is 9.47 Å². The number of rotatable bonds is 8. The third-order valence-electron chi connectivity index (χ3n) is 7.52. The smallest absolute Gasteiger partial charge is 0.343 e. The highest BCUT2D eigenvalue weighted by Gasteiger charge is 2.17. The first-order valence-electron chi connectivity index (χ1n) is 15.1. The first-order valence-corrected chi connectivity index (χ1v) is 15.1. The maximum Gasteiger partial charge on any atom is 0.343 e. The normalized spacial score (nSPS) is 11.3. The summed E-state index contributed by atoms with van der Waals surface area (Å²) in [6, 6.07) is 47.0. The molecule has 48 heavy (non-hydrogen) atoms. The topological polar surface area (TPSA) is 102 Å². The highest BCUT2D eigenvalue weighted by Crippen LogP contribution is 2.36. The number of carbonyl (C=O) groups is 2. The van der Waals surface area contributed by atoms with Crippen LogP contribution in [0.5, 0.6) is 11.5 Å². The molecule has 0 bridgehead atoms. The average molecular weight is 627 g/mol. The van der Waals surface area contributed by atoms with E-state index in [0.29, 0.717) is 33.6 Å². The maximum absolute atomic E-state index is 13.3. The Hall–Kier alpha value is -6.80. The Morgan fingerprint density at radius 3 is 1.21 bits per heavy atom. The second kappa shape index (κ2) is 13.7. The predicted molar refractivity (Wildman–Crippen MR) is 185 cm³/mol. The Balaban J connectivity index is 1.10. The van der Waals surface area contributed by atoms with Crippen molar-refractivity contribution >= 4 is 56.2 Å². The molecule has 0 saturated carbocycles. The SMILES string of the molecule is O=C(Oc1ccc(/N=N/c2ccccc2)c2ccccc12)c1cccc(C(=O)Oc2ccc(/N=N/c3ccccc3)c3ccccc23)c1. The molecule has 0 amide bonds. The lowest BCUT2D eigenvalue weighted by Crippen LogP contribution is -2.13. The third kappa shape index (κ3) is 6.59. The van der Waals surface area contributed by atoms with Gasteiger partial charge in [0.1, 0.15) is 11.5 Å². The van der Waals surface area contributed by atoms with Crippen molar-refractivity contribution in [2.45, 2.75) is 0 Å². The summed E-state index contributed by atoms with van der Waals surface area (Å²) in [5.41, 5.74) is 3.13. The molecule has 0 spiro atoms. The van der Waals surface area contributed by atoms with Crippen molar-refractivity contribution in [1.29, 1.82) is 0 Å². The molecular weight excluding hydrogens is 600 g/mol. The molecule has 0 radical (unpaired) electrons. The Labute approximate surface area is 275 Å². The van der Waals surface area contributed by atoms with Crippen molar-refractivity contribution in [1.82, 2.24) is 0 Å². The van der Waals surface area contributed by atoms with Crippen LogP contribution >= 0.6 is 0 Å². The van der Waals surface area contributed by atoms with Gasteiger partial charge in [-0.25, -0.2) is 9.59 Å². The maximum atomic E-state index is 13.3. The first-order chi connectivity index (χ1) is 23.6. The highest BCUT2D eigenvalue weighted by molar-refractivity contribution is 6.02. The molecule has 7 aromatic rings. The van der Waals surface area contributed by atoms with Crippen molar-refractivity contribution in [2.24, 2.45) is 20.5 Å². The quantitative estimate of drug-likeness (QED) is 0.0951. The van der Waals surface area contributed by atoms with Gasteiger partial charge in [0.25, 0.3) is 0 Å². The summed E-state index contributed by atoms with van der Waals surface area (Å²) < 4.78 is 11.7. The van der Waals surface area contributed by atoms with Crippen LogP contribution in [-0.2, 0) is 0 Å². The molecule has 0 aliphatic carbocycles. The molecule has 7 rings (SSSR count). The molecular formula is C40H26N4O4. The van der Waals surface area contributed by atoms with Gasteiger partial charge in [-0.1, -0.05) is 91.0 Å². The Morgan fingerprint density at radius 1 is 0.375 bits per heavy atom. The third-order valence-corrected chi connectivity index (χ3v) is 7.52. The second-order valence-electron chi connectivity index (χ2n) is 10.7. The molecule has 230 valence electrons. The van der Waals surface area contributed by atoms with Crippen LogP contribution in [0.4, 0.5) is 22.7 Å².